The van der Waals surface area contributed by atoms with E-state index in [4.69, 9.17) is 9.47 Å². The Hall–Kier alpha value is -1.59. The minimum absolute atomic E-state index is 0.207. The minimum atomic E-state index is -0.320. The van der Waals surface area contributed by atoms with Crippen LogP contribution in [-0.4, -0.2) is 50.4 Å². The molecule has 1 aromatic carbocycles. The zero-order valence-corrected chi connectivity index (χ0v) is 16.3. The fourth-order valence-corrected chi connectivity index (χ4v) is 3.26. The van der Waals surface area contributed by atoms with Crippen LogP contribution in [0.1, 0.15) is 50.5 Å². The first-order chi connectivity index (χ1) is 12.6. The molecule has 146 valence electrons. The van der Waals surface area contributed by atoms with Crippen molar-refractivity contribution in [1.29, 1.82) is 0 Å². The predicted molar refractivity (Wildman–Crippen MR) is 104 cm³/mol. The van der Waals surface area contributed by atoms with Crippen LogP contribution in [0.4, 0.5) is 4.79 Å². The molecular formula is C21H34N2O3. The molecule has 1 aliphatic rings. The van der Waals surface area contributed by atoms with E-state index in [1.165, 1.54) is 12.8 Å². The second-order valence-corrected chi connectivity index (χ2v) is 7.41. The van der Waals surface area contributed by atoms with Crippen LogP contribution in [0.2, 0.25) is 0 Å². The molecule has 5 heteroatoms. The van der Waals surface area contributed by atoms with E-state index in [1.807, 2.05) is 30.3 Å². The van der Waals surface area contributed by atoms with E-state index in [1.54, 1.807) is 0 Å². The molecule has 0 spiro atoms. The molecule has 0 bridgehead atoms. The highest BCUT2D eigenvalue weighted by atomic mass is 16.5. The van der Waals surface area contributed by atoms with Crippen LogP contribution in [0.5, 0.6) is 0 Å². The molecule has 0 atom stereocenters. The average molecular weight is 363 g/mol. The highest BCUT2D eigenvalue weighted by Gasteiger charge is 2.23. The lowest BCUT2D eigenvalue weighted by Gasteiger charge is -2.29. The third-order valence-electron chi connectivity index (χ3n) is 4.81. The lowest BCUT2D eigenvalue weighted by atomic mass is 9.93. The number of alkyl carbamates (subject to hydrolysis) is 1. The number of rotatable bonds is 10. The Kier molecular flexibility index (Phi) is 9.50. The monoisotopic (exact) mass is 362 g/mol. The second kappa shape index (κ2) is 11.9. The van der Waals surface area contributed by atoms with Crippen molar-refractivity contribution in [1.82, 2.24) is 10.2 Å². The summed E-state index contributed by atoms with van der Waals surface area (Å²) in [6.45, 7) is 2.32. The van der Waals surface area contributed by atoms with Gasteiger partial charge in [0.25, 0.3) is 0 Å². The SMILES string of the molecule is CN(C)CCCCCO[C@H]1CC[C@H](NC(=O)OCc2ccccc2)CC1. The van der Waals surface area contributed by atoms with E-state index >= 15 is 0 Å². The minimum Gasteiger partial charge on any atom is -0.445 e. The van der Waals surface area contributed by atoms with E-state index in [2.05, 4.69) is 24.3 Å². The predicted octanol–water partition coefficient (Wildman–Crippen LogP) is 3.97. The number of ether oxygens (including phenoxy) is 2. The van der Waals surface area contributed by atoms with Gasteiger partial charge in [0, 0.05) is 12.6 Å². The van der Waals surface area contributed by atoms with Gasteiger partial charge in [-0.2, -0.15) is 0 Å². The van der Waals surface area contributed by atoms with Gasteiger partial charge < -0.3 is 19.7 Å². The van der Waals surface area contributed by atoms with Crippen LogP contribution in [0.25, 0.3) is 0 Å². The highest BCUT2D eigenvalue weighted by molar-refractivity contribution is 5.67. The number of carbonyl (C=O) groups is 1. The van der Waals surface area contributed by atoms with Crippen LogP contribution in [-0.2, 0) is 16.1 Å². The van der Waals surface area contributed by atoms with Crippen LogP contribution < -0.4 is 5.32 Å². The van der Waals surface area contributed by atoms with Gasteiger partial charge in [-0.15, -0.1) is 0 Å². The topological polar surface area (TPSA) is 50.8 Å². The van der Waals surface area contributed by atoms with Crippen molar-refractivity contribution in [3.63, 3.8) is 0 Å². The van der Waals surface area contributed by atoms with Crippen LogP contribution >= 0.6 is 0 Å². The van der Waals surface area contributed by atoms with Gasteiger partial charge in [-0.25, -0.2) is 4.79 Å². The van der Waals surface area contributed by atoms with Gasteiger partial charge in [0.05, 0.1) is 6.10 Å². The maximum absolute atomic E-state index is 11.9. The lowest BCUT2D eigenvalue weighted by Crippen LogP contribution is -2.39. The first-order valence-corrected chi connectivity index (χ1v) is 9.87. The molecular weight excluding hydrogens is 328 g/mol. The van der Waals surface area contributed by atoms with Gasteiger partial charge in [0.2, 0.25) is 0 Å². The van der Waals surface area contributed by atoms with Crippen LogP contribution in [0.3, 0.4) is 0 Å². The molecule has 1 fully saturated rings. The first kappa shape index (κ1) is 20.7. The summed E-state index contributed by atoms with van der Waals surface area (Å²) in [6.07, 6.45) is 7.58. The Labute approximate surface area is 158 Å². The third-order valence-corrected chi connectivity index (χ3v) is 4.81. The fraction of sp³-hybridized carbons (Fsp3) is 0.667. The molecule has 26 heavy (non-hydrogen) atoms. The zero-order chi connectivity index (χ0) is 18.6. The standard InChI is InChI=1S/C21H34N2O3/c1-23(2)15-7-4-8-16-25-20-13-11-19(12-14-20)22-21(24)26-17-18-9-5-3-6-10-18/h3,5-6,9-10,19-20H,4,7-8,11-17H2,1-2H3,(H,22,24)/t19-,20-. The molecule has 1 N–H and O–H groups in total. The largest absolute Gasteiger partial charge is 0.445 e. The van der Waals surface area contributed by atoms with Gasteiger partial charge >= 0.3 is 6.09 Å². The molecule has 1 saturated carbocycles. The molecule has 2 rings (SSSR count). The van der Waals surface area contributed by atoms with Crippen molar-refractivity contribution in [2.75, 3.05) is 27.2 Å². The number of hydrogen-bond donors (Lipinski definition) is 1. The van der Waals surface area contributed by atoms with E-state index in [0.717, 1.165) is 50.8 Å². The molecule has 5 nitrogen and oxygen atoms in total. The molecule has 0 saturated heterocycles. The van der Waals surface area contributed by atoms with Crippen molar-refractivity contribution in [3.05, 3.63) is 35.9 Å². The van der Waals surface area contributed by atoms with Crippen molar-refractivity contribution >= 4 is 6.09 Å². The lowest BCUT2D eigenvalue weighted by molar-refractivity contribution is 0.0199. The maximum Gasteiger partial charge on any atom is 0.407 e. The Balaban J connectivity index is 1.50. The Morgan fingerprint density at radius 3 is 2.50 bits per heavy atom. The van der Waals surface area contributed by atoms with E-state index in [9.17, 15) is 4.79 Å². The highest BCUT2D eigenvalue weighted by Crippen LogP contribution is 2.21. The van der Waals surface area contributed by atoms with Gasteiger partial charge in [-0.05, 0) is 71.1 Å². The molecule has 0 unspecified atom stereocenters. The van der Waals surface area contributed by atoms with Crippen LogP contribution in [0.15, 0.2) is 30.3 Å². The molecule has 1 aliphatic carbocycles. The first-order valence-electron chi connectivity index (χ1n) is 9.87. The number of benzene rings is 1. The quantitative estimate of drug-likeness (QED) is 0.640. The van der Waals surface area contributed by atoms with E-state index < -0.39 is 0 Å². The van der Waals surface area contributed by atoms with Crippen LogP contribution in [0, 0.1) is 0 Å². The summed E-state index contributed by atoms with van der Waals surface area (Å²) < 4.78 is 11.3. The molecule has 0 aliphatic heterocycles. The van der Waals surface area contributed by atoms with E-state index in [-0.39, 0.29) is 12.1 Å². The zero-order valence-electron chi connectivity index (χ0n) is 16.3. The second-order valence-electron chi connectivity index (χ2n) is 7.41. The number of amides is 1. The summed E-state index contributed by atoms with van der Waals surface area (Å²) in [4.78, 5) is 14.1. The summed E-state index contributed by atoms with van der Waals surface area (Å²) >= 11 is 0. The van der Waals surface area contributed by atoms with Gasteiger partial charge in [0.1, 0.15) is 6.61 Å². The number of unbranched alkanes of at least 4 members (excludes halogenated alkanes) is 2. The van der Waals surface area contributed by atoms with Gasteiger partial charge in [0.15, 0.2) is 0 Å². The van der Waals surface area contributed by atoms with Crippen molar-refractivity contribution in [2.45, 2.75) is 63.7 Å². The molecule has 1 amide bonds. The fourth-order valence-electron chi connectivity index (χ4n) is 3.26. The summed E-state index contributed by atoms with van der Waals surface area (Å²) in [5.41, 5.74) is 1.00. The Morgan fingerprint density at radius 1 is 1.08 bits per heavy atom. The summed E-state index contributed by atoms with van der Waals surface area (Å²) in [5.74, 6) is 0. The smallest absolute Gasteiger partial charge is 0.407 e. The van der Waals surface area contributed by atoms with E-state index in [0.29, 0.717) is 12.7 Å². The average Bonchev–Trinajstić information content (AvgIpc) is 2.65. The summed E-state index contributed by atoms with van der Waals surface area (Å²) in [5, 5.41) is 2.98. The number of nitrogens with zero attached hydrogens (tertiary/aromatic N) is 1. The summed E-state index contributed by atoms with van der Waals surface area (Å²) in [7, 11) is 4.22. The normalized spacial score (nSPS) is 20.1. The summed E-state index contributed by atoms with van der Waals surface area (Å²) in [6, 6.07) is 9.96. The van der Waals surface area contributed by atoms with Gasteiger partial charge in [-0.3, -0.25) is 0 Å². The Morgan fingerprint density at radius 2 is 1.81 bits per heavy atom. The maximum atomic E-state index is 11.9. The molecule has 0 heterocycles. The Bertz CT molecular complexity index is 499. The van der Waals surface area contributed by atoms with Gasteiger partial charge in [-0.1, -0.05) is 30.3 Å². The molecule has 0 radical (unpaired) electrons. The van der Waals surface area contributed by atoms with Crippen molar-refractivity contribution in [2.24, 2.45) is 0 Å². The van der Waals surface area contributed by atoms with Crippen molar-refractivity contribution in [3.8, 4) is 0 Å². The number of nitrogens with one attached hydrogen (secondary N) is 1. The molecule has 1 aromatic rings. The number of hydrogen-bond acceptors (Lipinski definition) is 4. The van der Waals surface area contributed by atoms with Crippen molar-refractivity contribution < 1.29 is 14.3 Å². The third kappa shape index (κ3) is 8.68. The molecule has 0 aromatic heterocycles. The number of carbonyl (C=O) groups excluding carboxylic acids is 1.